The van der Waals surface area contributed by atoms with Gasteiger partial charge in [0, 0.05) is 0 Å². The Morgan fingerprint density at radius 3 is 2.15 bits per heavy atom. The molecule has 0 amide bonds. The van der Waals surface area contributed by atoms with Crippen LogP contribution in [0.3, 0.4) is 0 Å². The molecule has 0 heterocycles. The summed E-state index contributed by atoms with van der Waals surface area (Å²) in [6.07, 6.45) is 15.3. The van der Waals surface area contributed by atoms with E-state index in [-0.39, 0.29) is 24.8 Å². The van der Waals surface area contributed by atoms with Crippen molar-refractivity contribution in [2.45, 2.75) is 79.6 Å². The van der Waals surface area contributed by atoms with Gasteiger partial charge in [-0.05, 0) is 6.42 Å². The second-order valence-corrected chi connectivity index (χ2v) is 11.9. The molecule has 0 nitrogen and oxygen atoms in total. The molecule has 0 saturated heterocycles. The van der Waals surface area contributed by atoms with E-state index in [1.807, 2.05) is 6.07 Å². The summed E-state index contributed by atoms with van der Waals surface area (Å²) in [5, 5.41) is 0. The van der Waals surface area contributed by atoms with Crippen LogP contribution in [0.4, 0.5) is 0 Å². The van der Waals surface area contributed by atoms with E-state index < -0.39 is 0 Å². The van der Waals surface area contributed by atoms with Gasteiger partial charge in [0.25, 0.3) is 0 Å². The van der Waals surface area contributed by atoms with Crippen LogP contribution in [0.1, 0.15) is 84.3 Å². The van der Waals surface area contributed by atoms with Crippen LogP contribution in [0.2, 0.25) is 0 Å². The number of hydrogen-bond donors (Lipinski definition) is 0. The van der Waals surface area contributed by atoms with Gasteiger partial charge in [-0.15, -0.1) is 5.56 Å². The van der Waals surface area contributed by atoms with Gasteiger partial charge in [-0.2, -0.15) is 41.5 Å². The molecule has 182 valence electrons. The van der Waals surface area contributed by atoms with E-state index in [0.717, 1.165) is 12.8 Å². The first-order valence-corrected chi connectivity index (χ1v) is 13.5. The first kappa shape index (κ1) is 31.3. The van der Waals surface area contributed by atoms with Gasteiger partial charge in [0.05, 0.1) is 0 Å². The summed E-state index contributed by atoms with van der Waals surface area (Å²) >= 11 is 1.69. The Hall–Kier alpha value is -0.747. The molecular weight excluding hydrogens is 534 g/mol. The maximum atomic E-state index is 3.48. The third kappa shape index (κ3) is 8.73. The molecule has 0 aromatic heterocycles. The van der Waals surface area contributed by atoms with Crippen LogP contribution in [-0.2, 0) is 30.7 Å². The first-order valence-electron chi connectivity index (χ1n) is 12.3. The largest absolute Gasteiger partial charge is 0.179 e. The Bertz CT molecular complexity index is 943. The van der Waals surface area contributed by atoms with Gasteiger partial charge >= 0.3 is 59.5 Å². The van der Waals surface area contributed by atoms with Crippen molar-refractivity contribution in [2.24, 2.45) is 11.3 Å². The Morgan fingerprint density at radius 1 is 0.941 bits per heavy atom. The van der Waals surface area contributed by atoms with Gasteiger partial charge in [-0.1, -0.05) is 87.8 Å². The molecule has 34 heavy (non-hydrogen) atoms. The molecule has 5 rings (SSSR count). The number of benzene rings is 2. The average Bonchev–Trinajstić information content (AvgIpc) is 3.35. The monoisotopic (exact) mass is 570 g/mol. The fourth-order valence-electron chi connectivity index (χ4n) is 4.72. The fourth-order valence-corrected chi connectivity index (χ4v) is 5.59. The number of fused-ring (bicyclic) bond motifs is 3. The van der Waals surface area contributed by atoms with Crippen molar-refractivity contribution >= 4 is 3.21 Å². The second-order valence-electron chi connectivity index (χ2n) is 10.2. The van der Waals surface area contributed by atoms with Crippen molar-refractivity contribution in [1.82, 2.24) is 0 Å². The Balaban J connectivity index is 0.000000258. The van der Waals surface area contributed by atoms with E-state index in [0.29, 0.717) is 11.3 Å². The van der Waals surface area contributed by atoms with Crippen LogP contribution in [-0.4, -0.2) is 3.21 Å². The minimum Gasteiger partial charge on any atom is -0.179 e. The van der Waals surface area contributed by atoms with Gasteiger partial charge in [0.1, 0.15) is 0 Å². The third-order valence-corrected chi connectivity index (χ3v) is 7.61. The molecule has 1 unspecified atom stereocenters. The predicted octanol–water partition coefficient (Wildman–Crippen LogP) is 2.48. The normalized spacial score (nSPS) is 17.9. The minimum absolute atomic E-state index is 0. The van der Waals surface area contributed by atoms with Gasteiger partial charge in [-0.3, -0.25) is 6.08 Å². The molecule has 0 N–H and O–H groups in total. The van der Waals surface area contributed by atoms with Crippen LogP contribution in [0.5, 0.6) is 0 Å². The van der Waals surface area contributed by atoms with E-state index in [2.05, 4.69) is 89.2 Å². The summed E-state index contributed by atoms with van der Waals surface area (Å²) in [5.41, 5.74) is 8.73. The van der Waals surface area contributed by atoms with Crippen molar-refractivity contribution in [1.29, 1.82) is 0 Å². The number of allylic oxidation sites excluding steroid dienone is 4. The van der Waals surface area contributed by atoms with Crippen LogP contribution in [0.25, 0.3) is 11.1 Å². The maximum Gasteiger partial charge on any atom is -0.0253 e. The Kier molecular flexibility index (Phi) is 13.5. The molecule has 3 aliphatic rings. The summed E-state index contributed by atoms with van der Waals surface area (Å²) in [4.78, 5) is 0. The van der Waals surface area contributed by atoms with Crippen LogP contribution in [0, 0.1) is 23.5 Å². The molecule has 3 heteroatoms. The zero-order valence-corrected chi connectivity index (χ0v) is 25.4. The standard InChI is InChI=1S/C13H9.C12H19.C6H10.2ClH.Zr/c1-3-7-12-10(5-1)9-11-6-2-4-8-13(11)12;1-6-10-7-9(2)8-11(10)12(3,4)5;1-2-4-6-5-3-1;;;/h1-5,7-8H,9H2;8-9H,6H2,1-5H3;1-5H2;2*1H;/q2*-1;;;;+2/p-2. The summed E-state index contributed by atoms with van der Waals surface area (Å²) in [5.74, 6) is 0.522. The summed E-state index contributed by atoms with van der Waals surface area (Å²) in [6.45, 7) is 11.2. The molecule has 1 saturated carbocycles. The second kappa shape index (κ2) is 14.7. The maximum absolute atomic E-state index is 3.48. The molecule has 3 aliphatic carbocycles. The van der Waals surface area contributed by atoms with E-state index in [9.17, 15) is 0 Å². The Labute approximate surface area is 235 Å². The molecule has 1 fully saturated rings. The van der Waals surface area contributed by atoms with E-state index in [1.54, 1.807) is 27.4 Å². The topological polar surface area (TPSA) is 0 Å². The SMILES string of the molecule is CCC1=[C-]C(C)C=C1C(C)(C)C.[Cl-].[Cl-].[Zr+2]=[C]1CCCCC1.[c-]1cccc2c1Cc1ccccc1-2. The molecular formula is C31H38Cl2Zr-2. The van der Waals surface area contributed by atoms with Gasteiger partial charge in [0.2, 0.25) is 0 Å². The van der Waals surface area contributed by atoms with Crippen LogP contribution in [0.15, 0.2) is 59.7 Å². The summed E-state index contributed by atoms with van der Waals surface area (Å²) in [6, 6.07) is 18.1. The van der Waals surface area contributed by atoms with E-state index >= 15 is 0 Å². The number of rotatable bonds is 1. The van der Waals surface area contributed by atoms with Crippen LogP contribution < -0.4 is 24.8 Å². The fraction of sp³-hybridized carbons (Fsp3) is 0.452. The van der Waals surface area contributed by atoms with Gasteiger partial charge in [-0.25, -0.2) is 5.57 Å². The smallest absolute Gasteiger partial charge is 0.0253 e. The molecule has 2 aromatic carbocycles. The molecule has 0 aliphatic heterocycles. The van der Waals surface area contributed by atoms with Crippen molar-refractivity contribution in [3.63, 3.8) is 0 Å². The van der Waals surface area contributed by atoms with Crippen molar-refractivity contribution in [2.75, 3.05) is 0 Å². The van der Waals surface area contributed by atoms with Crippen molar-refractivity contribution < 1.29 is 49.0 Å². The number of hydrogen-bond acceptors (Lipinski definition) is 0. The van der Waals surface area contributed by atoms with E-state index in [1.165, 1.54) is 65.5 Å². The molecule has 1 atom stereocenters. The average molecular weight is 573 g/mol. The third-order valence-electron chi connectivity index (χ3n) is 6.38. The Morgan fingerprint density at radius 2 is 1.59 bits per heavy atom. The minimum atomic E-state index is 0. The number of halogens is 2. The van der Waals surface area contributed by atoms with Crippen molar-refractivity contribution in [3.05, 3.63) is 83.0 Å². The zero-order chi connectivity index (χ0) is 23.1. The zero-order valence-electron chi connectivity index (χ0n) is 21.4. The molecule has 0 spiro atoms. The van der Waals surface area contributed by atoms with E-state index in [4.69, 9.17) is 0 Å². The van der Waals surface area contributed by atoms with Gasteiger partial charge in [0.15, 0.2) is 0 Å². The van der Waals surface area contributed by atoms with Crippen LogP contribution >= 0.6 is 0 Å². The first-order chi connectivity index (χ1) is 15.3. The summed E-state index contributed by atoms with van der Waals surface area (Å²) < 4.78 is 1.80. The quantitative estimate of drug-likeness (QED) is 0.394. The summed E-state index contributed by atoms with van der Waals surface area (Å²) in [7, 11) is 0. The molecule has 0 bridgehead atoms. The van der Waals surface area contributed by atoms with Crippen molar-refractivity contribution in [3.8, 4) is 11.1 Å². The molecule has 0 radical (unpaired) electrons. The molecule has 2 aromatic rings. The predicted molar refractivity (Wildman–Crippen MR) is 135 cm³/mol. The van der Waals surface area contributed by atoms with Gasteiger partial charge < -0.3 is 24.8 Å².